The molecule has 0 bridgehead atoms. The van der Waals surface area contributed by atoms with E-state index in [0.717, 1.165) is 5.75 Å². The highest BCUT2D eigenvalue weighted by molar-refractivity contribution is 7.98. The van der Waals surface area contributed by atoms with E-state index in [2.05, 4.69) is 10.2 Å². The van der Waals surface area contributed by atoms with Crippen LogP contribution >= 0.6 is 11.8 Å². The first-order chi connectivity index (χ1) is 7.95. The van der Waals surface area contributed by atoms with Crippen LogP contribution in [0.5, 0.6) is 0 Å². The molecule has 1 aromatic heterocycles. The topological polar surface area (TPSA) is 92.1 Å². The number of sulfonamides is 1. The van der Waals surface area contributed by atoms with Gasteiger partial charge >= 0.3 is 0 Å². The maximum atomic E-state index is 12.3. The second-order valence-electron chi connectivity index (χ2n) is 3.75. The monoisotopic (exact) mass is 278 g/mol. The highest BCUT2D eigenvalue weighted by Crippen LogP contribution is 2.19. The normalized spacial score (nSPS) is 14.2. The summed E-state index contributed by atoms with van der Waals surface area (Å²) >= 11 is 1.60. The van der Waals surface area contributed by atoms with Gasteiger partial charge in [0.1, 0.15) is 0 Å². The van der Waals surface area contributed by atoms with Crippen molar-refractivity contribution < 1.29 is 8.42 Å². The summed E-state index contributed by atoms with van der Waals surface area (Å²) in [5.41, 5.74) is 5.99. The van der Waals surface area contributed by atoms with E-state index in [1.165, 1.54) is 10.5 Å². The number of hydrogen-bond donors (Lipinski definition) is 2. The molecule has 0 saturated heterocycles. The number of H-pyrrole nitrogens is 1. The number of nitrogens with zero attached hydrogens (tertiary/aromatic N) is 2. The van der Waals surface area contributed by atoms with Gasteiger partial charge in [0.15, 0.2) is 5.03 Å². The van der Waals surface area contributed by atoms with Crippen LogP contribution in [-0.2, 0) is 16.6 Å². The zero-order chi connectivity index (χ0) is 13.1. The van der Waals surface area contributed by atoms with Crippen molar-refractivity contribution in [3.63, 3.8) is 0 Å². The number of aromatic amines is 1. The van der Waals surface area contributed by atoms with Gasteiger partial charge in [-0.15, -0.1) is 0 Å². The average Bonchev–Trinajstić information content (AvgIpc) is 2.76. The van der Waals surface area contributed by atoms with Crippen LogP contribution in [0.1, 0.15) is 12.5 Å². The van der Waals surface area contributed by atoms with Crippen LogP contribution in [0.25, 0.3) is 0 Å². The molecule has 1 unspecified atom stereocenters. The molecular formula is C9H18N4O2S2. The number of rotatable bonds is 6. The molecule has 0 amide bonds. The van der Waals surface area contributed by atoms with Crippen LogP contribution in [0.2, 0.25) is 0 Å². The summed E-state index contributed by atoms with van der Waals surface area (Å²) in [5, 5.41) is 6.33. The Kier molecular flexibility index (Phi) is 4.99. The lowest BCUT2D eigenvalue weighted by Crippen LogP contribution is -2.37. The minimum absolute atomic E-state index is 0.0797. The van der Waals surface area contributed by atoms with Crippen molar-refractivity contribution in [2.45, 2.75) is 24.5 Å². The van der Waals surface area contributed by atoms with Gasteiger partial charge in [0, 0.05) is 31.0 Å². The first-order valence-corrected chi connectivity index (χ1v) is 7.97. The minimum Gasteiger partial charge on any atom is -0.326 e. The van der Waals surface area contributed by atoms with E-state index in [-0.39, 0.29) is 17.6 Å². The van der Waals surface area contributed by atoms with Crippen molar-refractivity contribution in [1.29, 1.82) is 0 Å². The Hall–Kier alpha value is -0.570. The average molecular weight is 278 g/mol. The van der Waals surface area contributed by atoms with Crippen LogP contribution in [0.15, 0.2) is 11.2 Å². The minimum atomic E-state index is -3.54. The van der Waals surface area contributed by atoms with Crippen molar-refractivity contribution in [2.75, 3.05) is 19.1 Å². The van der Waals surface area contributed by atoms with Crippen LogP contribution < -0.4 is 5.73 Å². The third kappa shape index (κ3) is 3.01. The van der Waals surface area contributed by atoms with Crippen LogP contribution in [0.4, 0.5) is 0 Å². The molecule has 6 nitrogen and oxygen atoms in total. The smallest absolute Gasteiger partial charge is 0.260 e. The number of nitrogens with one attached hydrogen (secondary N) is 1. The molecule has 0 fully saturated rings. The van der Waals surface area contributed by atoms with Crippen molar-refractivity contribution in [1.82, 2.24) is 14.5 Å². The largest absolute Gasteiger partial charge is 0.326 e. The Morgan fingerprint density at radius 2 is 2.29 bits per heavy atom. The molecule has 1 heterocycles. The van der Waals surface area contributed by atoms with Gasteiger partial charge in [-0.2, -0.15) is 21.2 Å². The van der Waals surface area contributed by atoms with E-state index in [0.29, 0.717) is 5.56 Å². The van der Waals surface area contributed by atoms with E-state index in [4.69, 9.17) is 5.73 Å². The number of nitrogens with two attached hydrogens (primary N) is 1. The van der Waals surface area contributed by atoms with E-state index in [1.807, 2.05) is 13.2 Å². The third-order valence-corrected chi connectivity index (χ3v) is 5.37. The van der Waals surface area contributed by atoms with Gasteiger partial charge in [-0.3, -0.25) is 5.10 Å². The number of thioether (sulfide) groups is 1. The molecule has 0 radical (unpaired) electrons. The summed E-state index contributed by atoms with van der Waals surface area (Å²) in [5.74, 6) is 0.738. The Morgan fingerprint density at radius 3 is 2.82 bits per heavy atom. The molecule has 1 atom stereocenters. The SMILES string of the molecule is CSCC(C)N(C)S(=O)(=O)c1[nH]ncc1CN. The van der Waals surface area contributed by atoms with Gasteiger partial charge in [-0.1, -0.05) is 0 Å². The summed E-state index contributed by atoms with van der Waals surface area (Å²) in [6.45, 7) is 2.02. The molecule has 98 valence electrons. The van der Waals surface area contributed by atoms with Crippen molar-refractivity contribution in [2.24, 2.45) is 5.73 Å². The second-order valence-corrected chi connectivity index (χ2v) is 6.60. The Balaban J connectivity index is 3.03. The van der Waals surface area contributed by atoms with Crippen LogP contribution in [-0.4, -0.2) is 48.0 Å². The highest BCUT2D eigenvalue weighted by atomic mass is 32.2. The molecular weight excluding hydrogens is 260 g/mol. The van der Waals surface area contributed by atoms with Gasteiger partial charge in [0.05, 0.1) is 6.20 Å². The van der Waals surface area contributed by atoms with E-state index in [1.54, 1.807) is 18.8 Å². The fraction of sp³-hybridized carbons (Fsp3) is 0.667. The van der Waals surface area contributed by atoms with Crippen LogP contribution in [0.3, 0.4) is 0 Å². The fourth-order valence-corrected chi connectivity index (χ4v) is 3.67. The summed E-state index contributed by atoms with van der Waals surface area (Å²) in [7, 11) is -1.97. The molecule has 0 aliphatic heterocycles. The van der Waals surface area contributed by atoms with Crippen LogP contribution in [0, 0.1) is 0 Å². The van der Waals surface area contributed by atoms with Crippen molar-refractivity contribution in [3.05, 3.63) is 11.8 Å². The molecule has 1 rings (SSSR count). The maximum Gasteiger partial charge on any atom is 0.260 e. The number of aromatic nitrogens is 2. The zero-order valence-corrected chi connectivity index (χ0v) is 11.8. The standard InChI is InChI=1S/C9H18N4O2S2/c1-7(6-16-3)13(2)17(14,15)9-8(4-10)5-11-12-9/h5,7H,4,6,10H2,1-3H3,(H,11,12). The quantitative estimate of drug-likeness (QED) is 0.777. The van der Waals surface area contributed by atoms with Crippen molar-refractivity contribution in [3.8, 4) is 0 Å². The fourth-order valence-electron chi connectivity index (χ4n) is 1.40. The van der Waals surface area contributed by atoms with Gasteiger partial charge in [0.25, 0.3) is 10.0 Å². The summed E-state index contributed by atoms with van der Waals surface area (Å²) in [4.78, 5) is 0. The van der Waals surface area contributed by atoms with Gasteiger partial charge < -0.3 is 5.73 Å². The lowest BCUT2D eigenvalue weighted by molar-refractivity contribution is 0.412. The molecule has 17 heavy (non-hydrogen) atoms. The molecule has 0 spiro atoms. The first-order valence-electron chi connectivity index (χ1n) is 5.14. The lowest BCUT2D eigenvalue weighted by Gasteiger charge is -2.23. The summed E-state index contributed by atoms with van der Waals surface area (Å²) < 4.78 is 25.9. The number of hydrogen-bond acceptors (Lipinski definition) is 5. The Labute approximate surface area is 106 Å². The molecule has 3 N–H and O–H groups in total. The molecule has 0 aliphatic carbocycles. The van der Waals surface area contributed by atoms with Gasteiger partial charge in [-0.25, -0.2) is 8.42 Å². The molecule has 0 aliphatic rings. The Morgan fingerprint density at radius 1 is 1.65 bits per heavy atom. The molecule has 0 saturated carbocycles. The van der Waals surface area contributed by atoms with Crippen molar-refractivity contribution >= 4 is 21.8 Å². The highest BCUT2D eigenvalue weighted by Gasteiger charge is 2.28. The van der Waals surface area contributed by atoms with E-state index < -0.39 is 10.0 Å². The predicted molar refractivity (Wildman–Crippen MR) is 69.3 cm³/mol. The maximum absolute atomic E-state index is 12.3. The summed E-state index contributed by atoms with van der Waals surface area (Å²) in [6.07, 6.45) is 3.39. The van der Waals surface area contributed by atoms with E-state index in [9.17, 15) is 8.42 Å². The van der Waals surface area contributed by atoms with E-state index >= 15 is 0 Å². The molecule has 0 aromatic carbocycles. The zero-order valence-electron chi connectivity index (χ0n) is 10.2. The van der Waals surface area contributed by atoms with Gasteiger partial charge in [-0.05, 0) is 13.2 Å². The lowest BCUT2D eigenvalue weighted by atomic mass is 10.4. The third-order valence-electron chi connectivity index (χ3n) is 2.56. The molecule has 1 aromatic rings. The summed E-state index contributed by atoms with van der Waals surface area (Å²) in [6, 6.07) is -0.0797. The van der Waals surface area contributed by atoms with Gasteiger partial charge in [0.2, 0.25) is 0 Å². The first kappa shape index (κ1) is 14.5. The second kappa shape index (κ2) is 5.85. The molecule has 8 heteroatoms. The predicted octanol–water partition coefficient (Wildman–Crippen LogP) is 0.240. The Bertz CT molecular complexity index is 457.